The van der Waals surface area contributed by atoms with E-state index in [1.54, 1.807) is 4.90 Å². The fourth-order valence-electron chi connectivity index (χ4n) is 1.87. The number of likely N-dealkylation sites (tertiary alicyclic amines) is 1. The Kier molecular flexibility index (Phi) is 5.29. The van der Waals surface area contributed by atoms with Crippen LogP contribution in [0.4, 0.5) is 0 Å². The minimum absolute atomic E-state index is 0.0835. The number of nitrogens with zero attached hydrogens (tertiary/aromatic N) is 1. The van der Waals surface area contributed by atoms with Gasteiger partial charge in [0.05, 0.1) is 6.54 Å². The second-order valence-corrected chi connectivity index (χ2v) is 4.24. The number of hydrogen-bond acceptors (Lipinski definition) is 3. The van der Waals surface area contributed by atoms with Gasteiger partial charge in [0.15, 0.2) is 0 Å². The molecule has 1 rings (SSSR count). The van der Waals surface area contributed by atoms with Crippen molar-refractivity contribution in [1.82, 2.24) is 4.90 Å². The second kappa shape index (κ2) is 6.51. The van der Waals surface area contributed by atoms with E-state index in [1.807, 2.05) is 13.8 Å². The van der Waals surface area contributed by atoms with Crippen molar-refractivity contribution in [2.24, 2.45) is 0 Å². The number of carbonyl (C=O) groups excluding carboxylic acids is 2. The fraction of sp³-hybridized carbons (Fsp3) is 0.833. The highest BCUT2D eigenvalue weighted by Gasteiger charge is 2.27. The van der Waals surface area contributed by atoms with Crippen LogP contribution in [0.25, 0.3) is 0 Å². The van der Waals surface area contributed by atoms with E-state index < -0.39 is 0 Å². The molecule has 4 nitrogen and oxygen atoms in total. The lowest BCUT2D eigenvalue weighted by Crippen LogP contribution is -2.30. The van der Waals surface area contributed by atoms with E-state index in [0.717, 1.165) is 25.8 Å². The van der Waals surface area contributed by atoms with E-state index in [-0.39, 0.29) is 18.0 Å². The van der Waals surface area contributed by atoms with E-state index in [1.165, 1.54) is 0 Å². The molecule has 1 amide bonds. The van der Waals surface area contributed by atoms with Crippen molar-refractivity contribution < 1.29 is 14.3 Å². The van der Waals surface area contributed by atoms with E-state index >= 15 is 0 Å². The van der Waals surface area contributed by atoms with Crippen molar-refractivity contribution in [3.63, 3.8) is 0 Å². The number of carbonyl (C=O) groups is 2. The Labute approximate surface area is 96.9 Å². The Bertz CT molecular complexity index is 253. The van der Waals surface area contributed by atoms with Gasteiger partial charge in [-0.1, -0.05) is 13.8 Å². The molecule has 16 heavy (non-hydrogen) atoms. The van der Waals surface area contributed by atoms with Crippen molar-refractivity contribution in [1.29, 1.82) is 0 Å². The van der Waals surface area contributed by atoms with Crippen LogP contribution in [0.15, 0.2) is 0 Å². The van der Waals surface area contributed by atoms with Crippen LogP contribution in [0, 0.1) is 0 Å². The Morgan fingerprint density at radius 3 is 2.56 bits per heavy atom. The maximum atomic E-state index is 11.6. The zero-order chi connectivity index (χ0) is 12.0. The first-order valence-electron chi connectivity index (χ1n) is 6.14. The molecule has 0 spiro atoms. The lowest BCUT2D eigenvalue weighted by Gasteiger charge is -2.16. The predicted molar refractivity (Wildman–Crippen MR) is 60.9 cm³/mol. The highest BCUT2D eigenvalue weighted by molar-refractivity contribution is 5.76. The monoisotopic (exact) mass is 227 g/mol. The van der Waals surface area contributed by atoms with Crippen molar-refractivity contribution >= 4 is 11.9 Å². The van der Waals surface area contributed by atoms with Crippen LogP contribution in [-0.4, -0.2) is 36.0 Å². The number of amides is 1. The van der Waals surface area contributed by atoms with Crippen LogP contribution < -0.4 is 0 Å². The summed E-state index contributed by atoms with van der Waals surface area (Å²) in [5.41, 5.74) is 0. The quantitative estimate of drug-likeness (QED) is 0.672. The Morgan fingerprint density at radius 1 is 1.25 bits per heavy atom. The number of ether oxygens (including phenoxy) is 1. The molecule has 1 fully saturated rings. The summed E-state index contributed by atoms with van der Waals surface area (Å²) in [5, 5.41) is 0. The van der Waals surface area contributed by atoms with Crippen LogP contribution in [-0.2, 0) is 14.3 Å². The summed E-state index contributed by atoms with van der Waals surface area (Å²) in [6.07, 6.45) is 3.44. The summed E-state index contributed by atoms with van der Waals surface area (Å²) < 4.78 is 5.28. The van der Waals surface area contributed by atoms with Crippen LogP contribution in [0.1, 0.15) is 46.0 Å². The van der Waals surface area contributed by atoms with Crippen LogP contribution in [0.2, 0.25) is 0 Å². The first kappa shape index (κ1) is 13.0. The summed E-state index contributed by atoms with van der Waals surface area (Å²) in [6.45, 7) is 5.25. The normalized spacial score (nSPS) is 19.9. The molecule has 0 bridgehead atoms. The van der Waals surface area contributed by atoms with Gasteiger partial charge in [-0.2, -0.15) is 0 Å². The molecular weight excluding hydrogens is 206 g/mol. The van der Waals surface area contributed by atoms with Gasteiger partial charge in [-0.3, -0.25) is 9.59 Å². The lowest BCUT2D eigenvalue weighted by atomic mass is 10.3. The van der Waals surface area contributed by atoms with Gasteiger partial charge in [0.2, 0.25) is 5.91 Å². The fourth-order valence-corrected chi connectivity index (χ4v) is 1.87. The maximum absolute atomic E-state index is 11.6. The topological polar surface area (TPSA) is 46.6 Å². The molecule has 0 aromatic carbocycles. The van der Waals surface area contributed by atoms with Crippen LogP contribution in [0.5, 0.6) is 0 Å². The molecule has 1 heterocycles. The van der Waals surface area contributed by atoms with Gasteiger partial charge in [-0.05, 0) is 12.8 Å². The molecule has 0 aromatic heterocycles. The zero-order valence-corrected chi connectivity index (χ0v) is 10.2. The molecular formula is C12H21NO3. The highest BCUT2D eigenvalue weighted by Crippen LogP contribution is 2.15. The SMILES string of the molecule is CCCC(=O)OC1CCN(C(=O)CCC)C1. The van der Waals surface area contributed by atoms with Crippen molar-refractivity contribution in [2.45, 2.75) is 52.1 Å². The molecule has 1 saturated heterocycles. The second-order valence-electron chi connectivity index (χ2n) is 4.24. The Morgan fingerprint density at radius 2 is 1.94 bits per heavy atom. The smallest absolute Gasteiger partial charge is 0.306 e. The summed E-state index contributed by atoms with van der Waals surface area (Å²) in [7, 11) is 0. The maximum Gasteiger partial charge on any atom is 0.306 e. The third-order valence-electron chi connectivity index (χ3n) is 2.71. The van der Waals surface area contributed by atoms with Gasteiger partial charge in [-0.15, -0.1) is 0 Å². The highest BCUT2D eigenvalue weighted by atomic mass is 16.5. The molecule has 4 heteroatoms. The molecule has 0 aromatic rings. The molecule has 1 aliphatic heterocycles. The number of hydrogen-bond donors (Lipinski definition) is 0. The number of esters is 1. The summed E-state index contributed by atoms with van der Waals surface area (Å²) in [6, 6.07) is 0. The van der Waals surface area contributed by atoms with E-state index in [9.17, 15) is 9.59 Å². The summed E-state index contributed by atoms with van der Waals surface area (Å²) in [4.78, 5) is 24.7. The van der Waals surface area contributed by atoms with E-state index in [0.29, 0.717) is 19.4 Å². The third kappa shape index (κ3) is 3.83. The first-order chi connectivity index (χ1) is 7.67. The molecule has 1 atom stereocenters. The van der Waals surface area contributed by atoms with Gasteiger partial charge in [0.1, 0.15) is 6.10 Å². The van der Waals surface area contributed by atoms with Crippen LogP contribution >= 0.6 is 0 Å². The minimum atomic E-state index is -0.141. The predicted octanol–water partition coefficient (Wildman–Crippen LogP) is 1.73. The van der Waals surface area contributed by atoms with Crippen molar-refractivity contribution in [3.05, 3.63) is 0 Å². The molecule has 0 aliphatic carbocycles. The minimum Gasteiger partial charge on any atom is -0.460 e. The summed E-state index contributed by atoms with van der Waals surface area (Å²) in [5.74, 6) is 0.0360. The van der Waals surface area contributed by atoms with Gasteiger partial charge in [-0.25, -0.2) is 0 Å². The molecule has 0 radical (unpaired) electrons. The molecule has 92 valence electrons. The standard InChI is InChI=1S/C12H21NO3/c1-3-5-11(14)13-8-7-10(9-13)16-12(15)6-4-2/h10H,3-9H2,1-2H3. The van der Waals surface area contributed by atoms with Gasteiger partial charge in [0.25, 0.3) is 0 Å². The average molecular weight is 227 g/mol. The first-order valence-corrected chi connectivity index (χ1v) is 6.14. The number of rotatable bonds is 5. The molecule has 0 N–H and O–H groups in total. The summed E-state index contributed by atoms with van der Waals surface area (Å²) >= 11 is 0. The van der Waals surface area contributed by atoms with Gasteiger partial charge < -0.3 is 9.64 Å². The lowest BCUT2D eigenvalue weighted by molar-refractivity contribution is -0.149. The molecule has 1 unspecified atom stereocenters. The zero-order valence-electron chi connectivity index (χ0n) is 10.2. The van der Waals surface area contributed by atoms with Crippen molar-refractivity contribution in [3.8, 4) is 0 Å². The average Bonchev–Trinajstić information content (AvgIpc) is 2.67. The van der Waals surface area contributed by atoms with Crippen molar-refractivity contribution in [2.75, 3.05) is 13.1 Å². The Hall–Kier alpha value is -1.06. The largest absolute Gasteiger partial charge is 0.460 e. The van der Waals surface area contributed by atoms with Crippen LogP contribution in [0.3, 0.4) is 0 Å². The third-order valence-corrected chi connectivity index (χ3v) is 2.71. The van der Waals surface area contributed by atoms with Gasteiger partial charge in [0, 0.05) is 25.8 Å². The Balaban J connectivity index is 2.29. The van der Waals surface area contributed by atoms with E-state index in [2.05, 4.69) is 0 Å². The molecule has 1 aliphatic rings. The molecule has 0 saturated carbocycles. The van der Waals surface area contributed by atoms with E-state index in [4.69, 9.17) is 4.74 Å². The van der Waals surface area contributed by atoms with Gasteiger partial charge >= 0.3 is 5.97 Å².